The van der Waals surface area contributed by atoms with Gasteiger partial charge in [0.25, 0.3) is 0 Å². The molecule has 1 saturated carbocycles. The van der Waals surface area contributed by atoms with Gasteiger partial charge in [-0.25, -0.2) is 5.48 Å². The maximum Gasteiger partial charge on any atom is 0.246 e. The van der Waals surface area contributed by atoms with Gasteiger partial charge in [-0.05, 0) is 51.0 Å². The predicted octanol–water partition coefficient (Wildman–Crippen LogP) is 1.79. The smallest absolute Gasteiger partial charge is 0.246 e. The fourth-order valence-corrected chi connectivity index (χ4v) is 3.77. The number of benzene rings is 1. The lowest BCUT2D eigenvalue weighted by Crippen LogP contribution is -2.45. The summed E-state index contributed by atoms with van der Waals surface area (Å²) in [4.78, 5) is 25.0. The average Bonchev–Trinajstić information content (AvgIpc) is 2.76. The Morgan fingerprint density at radius 3 is 2.47 bits per heavy atom. The van der Waals surface area contributed by atoms with Crippen LogP contribution in [0.25, 0.3) is 0 Å². The maximum absolute atomic E-state index is 12.8. The number of aliphatic hydroxyl groups is 1. The standard InChI is InChI=1S/C22H34N2O6/c1-2-29-15-30-14-19(23-21(26)17-8-10-20(25)11-9-17)13-18(22(27)24-28)12-16-6-4-3-5-7-16/h3-7,17-20,25,28H,2,8-15H2,1H3,(H,23,26)(H,24,27)/t17?,18-,19-,20?/m0/s1. The minimum absolute atomic E-state index is 0.0882. The average molecular weight is 423 g/mol. The summed E-state index contributed by atoms with van der Waals surface area (Å²) in [7, 11) is 0. The number of nitrogens with one attached hydrogen (secondary N) is 2. The zero-order valence-corrected chi connectivity index (χ0v) is 17.6. The Morgan fingerprint density at radius 2 is 1.83 bits per heavy atom. The van der Waals surface area contributed by atoms with Crippen LogP contribution in [0, 0.1) is 11.8 Å². The predicted molar refractivity (Wildman–Crippen MR) is 111 cm³/mol. The number of carbonyl (C=O) groups is 2. The lowest BCUT2D eigenvalue weighted by Gasteiger charge is -2.28. The molecule has 1 aliphatic carbocycles. The van der Waals surface area contributed by atoms with Crippen molar-refractivity contribution in [3.8, 4) is 0 Å². The Bertz CT molecular complexity index is 634. The molecule has 1 aromatic carbocycles. The van der Waals surface area contributed by atoms with E-state index in [0.29, 0.717) is 45.1 Å². The molecular weight excluding hydrogens is 388 g/mol. The third-order valence-corrected chi connectivity index (χ3v) is 5.48. The Balaban J connectivity index is 2.02. The summed E-state index contributed by atoms with van der Waals surface area (Å²) >= 11 is 0. The van der Waals surface area contributed by atoms with Gasteiger partial charge in [0.15, 0.2) is 0 Å². The number of hydrogen-bond acceptors (Lipinski definition) is 6. The van der Waals surface area contributed by atoms with Gasteiger partial charge in [0.05, 0.1) is 18.8 Å². The van der Waals surface area contributed by atoms with Crippen LogP contribution in [0.3, 0.4) is 0 Å². The molecule has 0 aromatic heterocycles. The van der Waals surface area contributed by atoms with Crippen molar-refractivity contribution in [3.05, 3.63) is 35.9 Å². The van der Waals surface area contributed by atoms with Crippen LogP contribution < -0.4 is 10.8 Å². The van der Waals surface area contributed by atoms with Crippen molar-refractivity contribution in [2.45, 2.75) is 57.6 Å². The molecule has 1 fully saturated rings. The fraction of sp³-hybridized carbons (Fsp3) is 0.636. The molecule has 0 radical (unpaired) electrons. The third-order valence-electron chi connectivity index (χ3n) is 5.48. The molecular formula is C22H34N2O6. The van der Waals surface area contributed by atoms with Crippen LogP contribution in [-0.2, 0) is 25.5 Å². The first kappa shape index (κ1) is 24.3. The third kappa shape index (κ3) is 8.39. The zero-order valence-electron chi connectivity index (χ0n) is 17.6. The van der Waals surface area contributed by atoms with Gasteiger partial charge in [-0.2, -0.15) is 0 Å². The van der Waals surface area contributed by atoms with Crippen molar-refractivity contribution in [1.82, 2.24) is 10.8 Å². The highest BCUT2D eigenvalue weighted by atomic mass is 16.7. The molecule has 0 unspecified atom stereocenters. The first-order chi connectivity index (χ1) is 14.5. The Morgan fingerprint density at radius 1 is 1.13 bits per heavy atom. The number of amides is 2. The van der Waals surface area contributed by atoms with Crippen molar-refractivity contribution in [3.63, 3.8) is 0 Å². The Labute approximate surface area is 177 Å². The molecule has 1 aromatic rings. The summed E-state index contributed by atoms with van der Waals surface area (Å²) in [5, 5.41) is 21.9. The summed E-state index contributed by atoms with van der Waals surface area (Å²) in [5.41, 5.74) is 2.71. The fourth-order valence-electron chi connectivity index (χ4n) is 3.77. The lowest BCUT2D eigenvalue weighted by atomic mass is 9.86. The second kappa shape index (κ2) is 13.3. The Hall–Kier alpha value is -2.00. The molecule has 0 aliphatic heterocycles. The quantitative estimate of drug-likeness (QED) is 0.177. The molecule has 8 heteroatoms. The van der Waals surface area contributed by atoms with E-state index in [1.807, 2.05) is 37.3 Å². The first-order valence-corrected chi connectivity index (χ1v) is 10.6. The summed E-state index contributed by atoms with van der Waals surface area (Å²) in [5.74, 6) is -1.27. The second-order valence-electron chi connectivity index (χ2n) is 7.79. The van der Waals surface area contributed by atoms with Gasteiger partial charge in [-0.3, -0.25) is 14.8 Å². The maximum atomic E-state index is 12.8. The summed E-state index contributed by atoms with van der Waals surface area (Å²) in [6, 6.07) is 9.12. The van der Waals surface area contributed by atoms with Crippen LogP contribution in [0.5, 0.6) is 0 Å². The number of ether oxygens (including phenoxy) is 2. The number of aliphatic hydroxyl groups excluding tert-OH is 1. The molecule has 2 rings (SSSR count). The van der Waals surface area contributed by atoms with Crippen LogP contribution in [0.1, 0.15) is 44.6 Å². The highest BCUT2D eigenvalue weighted by Crippen LogP contribution is 2.25. The highest BCUT2D eigenvalue weighted by Gasteiger charge is 2.29. The molecule has 2 atom stereocenters. The first-order valence-electron chi connectivity index (χ1n) is 10.6. The van der Waals surface area contributed by atoms with Crippen molar-refractivity contribution in [2.75, 3.05) is 20.0 Å². The minimum Gasteiger partial charge on any atom is -0.393 e. The van der Waals surface area contributed by atoms with Gasteiger partial charge in [0, 0.05) is 18.4 Å². The summed E-state index contributed by atoms with van der Waals surface area (Å²) in [6.45, 7) is 2.69. The molecule has 2 amide bonds. The molecule has 0 bridgehead atoms. The van der Waals surface area contributed by atoms with E-state index in [1.165, 1.54) is 0 Å². The summed E-state index contributed by atoms with van der Waals surface area (Å²) in [6.07, 6.45) is 2.94. The van der Waals surface area contributed by atoms with E-state index in [0.717, 1.165) is 5.56 Å². The van der Waals surface area contributed by atoms with Crippen molar-refractivity contribution >= 4 is 11.8 Å². The van der Waals surface area contributed by atoms with E-state index in [9.17, 15) is 19.9 Å². The molecule has 8 nitrogen and oxygen atoms in total. The van der Waals surface area contributed by atoms with E-state index in [1.54, 1.807) is 5.48 Å². The topological polar surface area (TPSA) is 117 Å². The van der Waals surface area contributed by atoms with Crippen LogP contribution in [0.4, 0.5) is 0 Å². The van der Waals surface area contributed by atoms with E-state index < -0.39 is 17.9 Å². The zero-order chi connectivity index (χ0) is 21.8. The van der Waals surface area contributed by atoms with E-state index in [-0.39, 0.29) is 31.3 Å². The molecule has 4 N–H and O–H groups in total. The SMILES string of the molecule is CCOCOC[C@H](C[C@H](Cc1ccccc1)C(=O)NO)NC(=O)C1CCC(O)CC1. The van der Waals surface area contributed by atoms with Crippen molar-refractivity contribution in [2.24, 2.45) is 11.8 Å². The molecule has 0 spiro atoms. The van der Waals surface area contributed by atoms with E-state index >= 15 is 0 Å². The van der Waals surface area contributed by atoms with Crippen LogP contribution in [-0.4, -0.2) is 54.3 Å². The lowest BCUT2D eigenvalue weighted by molar-refractivity contribution is -0.135. The molecule has 0 saturated heterocycles. The number of hydroxylamine groups is 1. The van der Waals surface area contributed by atoms with Crippen molar-refractivity contribution < 1.29 is 29.4 Å². The molecule has 1 aliphatic rings. The van der Waals surface area contributed by atoms with Crippen molar-refractivity contribution in [1.29, 1.82) is 0 Å². The minimum atomic E-state index is -0.536. The van der Waals surface area contributed by atoms with Gasteiger partial charge < -0.3 is 19.9 Å². The number of hydrogen-bond donors (Lipinski definition) is 4. The van der Waals surface area contributed by atoms with Gasteiger partial charge >= 0.3 is 0 Å². The van der Waals surface area contributed by atoms with Crippen LogP contribution >= 0.6 is 0 Å². The largest absolute Gasteiger partial charge is 0.393 e. The number of carbonyl (C=O) groups excluding carboxylic acids is 2. The normalized spacial score (nSPS) is 20.9. The highest BCUT2D eigenvalue weighted by molar-refractivity contribution is 5.80. The van der Waals surface area contributed by atoms with Gasteiger partial charge in [0.1, 0.15) is 6.79 Å². The molecule has 30 heavy (non-hydrogen) atoms. The second-order valence-corrected chi connectivity index (χ2v) is 7.79. The van der Waals surface area contributed by atoms with Gasteiger partial charge in [-0.15, -0.1) is 0 Å². The monoisotopic (exact) mass is 422 g/mol. The van der Waals surface area contributed by atoms with Gasteiger partial charge in [-0.1, -0.05) is 30.3 Å². The summed E-state index contributed by atoms with van der Waals surface area (Å²) < 4.78 is 10.7. The molecule has 168 valence electrons. The van der Waals surface area contributed by atoms with Crippen LogP contribution in [0.15, 0.2) is 30.3 Å². The molecule has 0 heterocycles. The Kier molecular flexibility index (Phi) is 10.8. The van der Waals surface area contributed by atoms with Gasteiger partial charge in [0.2, 0.25) is 11.8 Å². The van der Waals surface area contributed by atoms with E-state index in [2.05, 4.69) is 5.32 Å². The van der Waals surface area contributed by atoms with E-state index in [4.69, 9.17) is 9.47 Å². The van der Waals surface area contributed by atoms with Crippen LogP contribution in [0.2, 0.25) is 0 Å². The number of rotatable bonds is 12.